The van der Waals surface area contributed by atoms with Gasteiger partial charge in [0.1, 0.15) is 0 Å². The Hall–Kier alpha value is -0.940. The number of aromatic nitrogens is 2. The van der Waals surface area contributed by atoms with Crippen LogP contribution in [0.15, 0.2) is 39.7 Å². The second-order valence-corrected chi connectivity index (χ2v) is 5.46. The average molecular weight is 357 g/mol. The molecule has 0 unspecified atom stereocenters. The largest absolute Gasteiger partial charge is 0.378 e. The lowest BCUT2D eigenvalue weighted by Gasteiger charge is -2.07. The zero-order valence-corrected chi connectivity index (χ0v) is 12.4. The first kappa shape index (κ1) is 12.5. The Bertz CT molecular complexity index is 529. The third-order valence-corrected chi connectivity index (χ3v) is 3.34. The van der Waals surface area contributed by atoms with Crippen LogP contribution in [0, 0.1) is 6.92 Å². The van der Waals surface area contributed by atoms with Crippen LogP contribution in [0.25, 0.3) is 0 Å². The molecule has 0 radical (unpaired) electrons. The summed E-state index contributed by atoms with van der Waals surface area (Å²) in [6, 6.07) is 4.04. The van der Waals surface area contributed by atoms with Gasteiger partial charge in [0.15, 0.2) is 0 Å². The number of hydrogen-bond acceptors (Lipinski definition) is 3. The Kier molecular flexibility index (Phi) is 4.12. The maximum absolute atomic E-state index is 4.34. The molecular weight excluding hydrogens is 346 g/mol. The van der Waals surface area contributed by atoms with Crippen LogP contribution >= 0.6 is 31.9 Å². The van der Waals surface area contributed by atoms with Gasteiger partial charge in [-0.1, -0.05) is 0 Å². The monoisotopic (exact) mass is 355 g/mol. The average Bonchev–Trinajstić information content (AvgIpc) is 2.28. The maximum atomic E-state index is 4.34. The highest BCUT2D eigenvalue weighted by Gasteiger charge is 2.02. The molecule has 0 saturated carbocycles. The van der Waals surface area contributed by atoms with Crippen LogP contribution in [0.4, 0.5) is 5.69 Å². The fourth-order valence-electron chi connectivity index (χ4n) is 1.41. The van der Waals surface area contributed by atoms with Crippen molar-refractivity contribution in [3.05, 3.63) is 50.9 Å². The third kappa shape index (κ3) is 3.51. The van der Waals surface area contributed by atoms with Crippen LogP contribution in [0.2, 0.25) is 0 Å². The van der Waals surface area contributed by atoms with Crippen molar-refractivity contribution in [2.24, 2.45) is 0 Å². The molecule has 1 N–H and O–H groups in total. The number of pyridine rings is 2. The maximum Gasteiger partial charge on any atom is 0.0737 e. The molecule has 0 bridgehead atoms. The second kappa shape index (κ2) is 5.60. The van der Waals surface area contributed by atoms with Crippen molar-refractivity contribution in [3.63, 3.8) is 0 Å². The molecule has 0 spiro atoms. The summed E-state index contributed by atoms with van der Waals surface area (Å²) in [6.45, 7) is 2.69. The minimum Gasteiger partial charge on any atom is -0.378 e. The van der Waals surface area contributed by atoms with Crippen molar-refractivity contribution in [3.8, 4) is 0 Å². The van der Waals surface area contributed by atoms with E-state index in [-0.39, 0.29) is 0 Å². The van der Waals surface area contributed by atoms with Gasteiger partial charge in [0, 0.05) is 27.5 Å². The van der Waals surface area contributed by atoms with Crippen LogP contribution in [0.5, 0.6) is 0 Å². The van der Waals surface area contributed by atoms with E-state index >= 15 is 0 Å². The van der Waals surface area contributed by atoms with Crippen LogP contribution < -0.4 is 5.32 Å². The number of aryl methyl sites for hydroxylation is 1. The lowest BCUT2D eigenvalue weighted by atomic mass is 10.3. The zero-order chi connectivity index (χ0) is 12.3. The Morgan fingerprint density at radius 2 is 2.00 bits per heavy atom. The molecule has 2 heterocycles. The summed E-state index contributed by atoms with van der Waals surface area (Å²) in [7, 11) is 0. The molecule has 2 rings (SSSR count). The Balaban J connectivity index is 2.07. The lowest BCUT2D eigenvalue weighted by Crippen LogP contribution is -2.03. The Labute approximate surface area is 117 Å². The fourth-order valence-corrected chi connectivity index (χ4v) is 2.54. The van der Waals surface area contributed by atoms with Gasteiger partial charge in [-0.15, -0.1) is 0 Å². The van der Waals surface area contributed by atoms with Gasteiger partial charge in [-0.05, 0) is 56.5 Å². The number of hydrogen-bond donors (Lipinski definition) is 1. The lowest BCUT2D eigenvalue weighted by molar-refractivity contribution is 1.02. The molecule has 0 aliphatic heterocycles. The van der Waals surface area contributed by atoms with Gasteiger partial charge in [-0.25, -0.2) is 0 Å². The number of nitrogens with zero attached hydrogens (tertiary/aromatic N) is 2. The standard InChI is InChI=1S/C12H11Br2N3/c1-8-2-10(6-15-4-8)16-7-12-11(14)3-9(13)5-17-12/h2-6,16H,7H2,1H3. The quantitative estimate of drug-likeness (QED) is 0.905. The predicted octanol–water partition coefficient (Wildman–Crippen LogP) is 3.92. The van der Waals surface area contributed by atoms with E-state index in [1.807, 2.05) is 19.2 Å². The molecule has 17 heavy (non-hydrogen) atoms. The normalized spacial score (nSPS) is 10.3. The highest BCUT2D eigenvalue weighted by molar-refractivity contribution is 9.11. The minimum atomic E-state index is 0.666. The summed E-state index contributed by atoms with van der Waals surface area (Å²) in [4.78, 5) is 8.47. The molecule has 0 aliphatic carbocycles. The SMILES string of the molecule is Cc1cncc(NCc2ncc(Br)cc2Br)c1. The second-order valence-electron chi connectivity index (χ2n) is 3.69. The highest BCUT2D eigenvalue weighted by Crippen LogP contribution is 2.20. The van der Waals surface area contributed by atoms with Crippen molar-refractivity contribution in [1.82, 2.24) is 9.97 Å². The summed E-state index contributed by atoms with van der Waals surface area (Å²) in [5.74, 6) is 0. The molecule has 0 aromatic carbocycles. The predicted molar refractivity (Wildman–Crippen MR) is 75.9 cm³/mol. The van der Waals surface area contributed by atoms with Crippen LogP contribution in [-0.2, 0) is 6.54 Å². The number of rotatable bonds is 3. The van der Waals surface area contributed by atoms with E-state index in [4.69, 9.17) is 0 Å². The summed E-state index contributed by atoms with van der Waals surface area (Å²) in [5.41, 5.74) is 3.11. The molecule has 5 heteroatoms. The summed E-state index contributed by atoms with van der Waals surface area (Å²) < 4.78 is 1.95. The van der Waals surface area contributed by atoms with Crippen molar-refractivity contribution in [2.75, 3.05) is 5.32 Å². The van der Waals surface area contributed by atoms with Gasteiger partial charge < -0.3 is 5.32 Å². The molecular formula is C12H11Br2N3. The van der Waals surface area contributed by atoms with Crippen molar-refractivity contribution in [2.45, 2.75) is 13.5 Å². The van der Waals surface area contributed by atoms with Crippen molar-refractivity contribution < 1.29 is 0 Å². The minimum absolute atomic E-state index is 0.666. The van der Waals surface area contributed by atoms with E-state index in [0.717, 1.165) is 25.9 Å². The summed E-state index contributed by atoms with van der Waals surface area (Å²) in [6.07, 6.45) is 5.43. The van der Waals surface area contributed by atoms with E-state index in [1.165, 1.54) is 0 Å². The van der Waals surface area contributed by atoms with Gasteiger partial charge in [0.25, 0.3) is 0 Å². The van der Waals surface area contributed by atoms with Crippen molar-refractivity contribution in [1.29, 1.82) is 0 Å². The van der Waals surface area contributed by atoms with E-state index in [9.17, 15) is 0 Å². The highest BCUT2D eigenvalue weighted by atomic mass is 79.9. The Morgan fingerprint density at radius 1 is 1.18 bits per heavy atom. The van der Waals surface area contributed by atoms with Crippen LogP contribution in [0.3, 0.4) is 0 Å². The van der Waals surface area contributed by atoms with E-state index in [0.29, 0.717) is 6.54 Å². The molecule has 2 aromatic heterocycles. The molecule has 88 valence electrons. The fraction of sp³-hybridized carbons (Fsp3) is 0.167. The van der Waals surface area contributed by atoms with Gasteiger partial charge in [-0.3, -0.25) is 9.97 Å². The number of anilines is 1. The van der Waals surface area contributed by atoms with Gasteiger partial charge >= 0.3 is 0 Å². The van der Waals surface area contributed by atoms with Crippen LogP contribution in [0.1, 0.15) is 11.3 Å². The number of halogens is 2. The first-order valence-electron chi connectivity index (χ1n) is 5.10. The van der Waals surface area contributed by atoms with Crippen LogP contribution in [-0.4, -0.2) is 9.97 Å². The molecule has 0 amide bonds. The van der Waals surface area contributed by atoms with Gasteiger partial charge in [-0.2, -0.15) is 0 Å². The topological polar surface area (TPSA) is 37.8 Å². The van der Waals surface area contributed by atoms with Crippen molar-refractivity contribution >= 4 is 37.5 Å². The molecule has 0 saturated heterocycles. The van der Waals surface area contributed by atoms with Gasteiger partial charge in [0.2, 0.25) is 0 Å². The molecule has 2 aromatic rings. The smallest absolute Gasteiger partial charge is 0.0737 e. The number of nitrogens with one attached hydrogen (secondary N) is 1. The molecule has 0 fully saturated rings. The molecule has 0 atom stereocenters. The summed E-state index contributed by atoms with van der Waals surface area (Å²) >= 11 is 6.87. The first-order chi connectivity index (χ1) is 8.15. The molecule has 0 aliphatic rings. The Morgan fingerprint density at radius 3 is 2.71 bits per heavy atom. The summed E-state index contributed by atoms with van der Waals surface area (Å²) in [5, 5.41) is 3.29. The zero-order valence-electron chi connectivity index (χ0n) is 9.24. The van der Waals surface area contributed by atoms with Gasteiger partial charge in [0.05, 0.1) is 17.9 Å². The molecule has 3 nitrogen and oxygen atoms in total. The van der Waals surface area contributed by atoms with E-state index in [1.54, 1.807) is 12.4 Å². The van der Waals surface area contributed by atoms with E-state index < -0.39 is 0 Å². The first-order valence-corrected chi connectivity index (χ1v) is 6.69. The van der Waals surface area contributed by atoms with E-state index in [2.05, 4.69) is 53.2 Å². The third-order valence-electron chi connectivity index (χ3n) is 2.22.